The molecule has 1 fully saturated rings. The quantitative estimate of drug-likeness (QED) is 0.728. The van der Waals surface area contributed by atoms with Crippen molar-refractivity contribution in [1.82, 2.24) is 0 Å². The van der Waals surface area contributed by atoms with Crippen molar-refractivity contribution in [3.05, 3.63) is 47.5 Å². The van der Waals surface area contributed by atoms with Crippen LogP contribution in [0.15, 0.2) is 36.4 Å². The maximum atomic E-state index is 9.84. The van der Waals surface area contributed by atoms with E-state index in [2.05, 4.69) is 12.1 Å². The number of rotatable bonds is 4. The van der Waals surface area contributed by atoms with Gasteiger partial charge >= 0.3 is 0 Å². The van der Waals surface area contributed by atoms with Gasteiger partial charge in [-0.3, -0.25) is 0 Å². The largest absolute Gasteiger partial charge is 0.454 e. The van der Waals surface area contributed by atoms with E-state index >= 15 is 0 Å². The Hall–Kier alpha value is -3.46. The van der Waals surface area contributed by atoms with E-state index in [1.165, 1.54) is 9.80 Å². The van der Waals surface area contributed by atoms with Crippen LogP contribution in [0.4, 0.5) is 0 Å². The average molecular weight is 406 g/mol. The van der Waals surface area contributed by atoms with Gasteiger partial charge in [0, 0.05) is 11.1 Å². The molecule has 0 aromatic heterocycles. The van der Waals surface area contributed by atoms with Gasteiger partial charge in [0.25, 0.3) is 0 Å². The minimum atomic E-state index is -0.271. The van der Waals surface area contributed by atoms with Crippen molar-refractivity contribution in [2.45, 2.75) is 12.1 Å². The van der Waals surface area contributed by atoms with Crippen LogP contribution in [-0.2, 0) is 0 Å². The molecule has 0 saturated carbocycles. The van der Waals surface area contributed by atoms with E-state index in [4.69, 9.17) is 18.9 Å². The van der Waals surface area contributed by atoms with E-state index in [9.17, 15) is 10.5 Å². The zero-order chi connectivity index (χ0) is 20.5. The second-order valence-corrected chi connectivity index (χ2v) is 7.67. The van der Waals surface area contributed by atoms with Gasteiger partial charge in [0.2, 0.25) is 25.7 Å². The fourth-order valence-corrected chi connectivity index (χ4v) is 4.46. The average Bonchev–Trinajstić information content (AvgIpc) is 3.44. The first kappa shape index (κ1) is 18.6. The highest BCUT2D eigenvalue weighted by molar-refractivity contribution is 5.46. The molecule has 0 amide bonds. The van der Waals surface area contributed by atoms with Crippen LogP contribution in [-0.4, -0.2) is 39.8 Å². The molecule has 30 heavy (non-hydrogen) atoms. The molecule has 1 saturated heterocycles. The number of quaternary nitrogens is 2. The molecule has 0 aliphatic carbocycles. The Morgan fingerprint density at radius 3 is 1.43 bits per heavy atom. The number of nitrogens with one attached hydrogen (secondary N) is 2. The highest BCUT2D eigenvalue weighted by Gasteiger charge is 2.35. The predicted octanol–water partition coefficient (Wildman–Crippen LogP) is -0.243. The van der Waals surface area contributed by atoms with E-state index in [0.717, 1.165) is 48.8 Å². The van der Waals surface area contributed by atoms with Gasteiger partial charge in [-0.25, -0.2) is 0 Å². The Kier molecular flexibility index (Phi) is 4.80. The van der Waals surface area contributed by atoms with Crippen LogP contribution in [0.1, 0.15) is 23.2 Å². The lowest BCUT2D eigenvalue weighted by Crippen LogP contribution is -3.28. The molecule has 3 heterocycles. The van der Waals surface area contributed by atoms with Gasteiger partial charge in [-0.05, 0) is 36.4 Å². The van der Waals surface area contributed by atoms with Gasteiger partial charge in [0.1, 0.15) is 38.3 Å². The molecule has 0 unspecified atom stereocenters. The molecule has 5 rings (SSSR count). The lowest BCUT2D eigenvalue weighted by molar-refractivity contribution is -1.03. The van der Waals surface area contributed by atoms with Crippen LogP contribution < -0.4 is 28.7 Å². The van der Waals surface area contributed by atoms with Crippen molar-refractivity contribution < 1.29 is 28.7 Å². The highest BCUT2D eigenvalue weighted by atomic mass is 16.7. The van der Waals surface area contributed by atoms with Gasteiger partial charge in [0.05, 0.1) is 0 Å². The van der Waals surface area contributed by atoms with E-state index in [0.29, 0.717) is 11.5 Å². The third kappa shape index (κ3) is 3.26. The monoisotopic (exact) mass is 406 g/mol. The predicted molar refractivity (Wildman–Crippen MR) is 103 cm³/mol. The Balaban J connectivity index is 1.28. The normalized spacial score (nSPS) is 23.3. The first-order valence-corrected chi connectivity index (χ1v) is 10.0. The summed E-state index contributed by atoms with van der Waals surface area (Å²) < 4.78 is 21.7. The summed E-state index contributed by atoms with van der Waals surface area (Å²) in [7, 11) is 0. The molecule has 2 N–H and O–H groups in total. The molecule has 8 nitrogen and oxygen atoms in total. The summed E-state index contributed by atoms with van der Waals surface area (Å²) in [5, 5.41) is 19.7. The molecule has 152 valence electrons. The number of nitrogens with zero attached hydrogens (tertiary/aromatic N) is 2. The Morgan fingerprint density at radius 1 is 0.633 bits per heavy atom. The second kappa shape index (κ2) is 7.75. The Labute approximate surface area is 174 Å². The minimum Gasteiger partial charge on any atom is -0.454 e. The first-order chi connectivity index (χ1) is 14.8. The summed E-state index contributed by atoms with van der Waals surface area (Å²) in [6.07, 6.45) is 0. The molecule has 3 aliphatic rings. The minimum absolute atomic E-state index is 0.223. The number of hydrogen-bond acceptors (Lipinski definition) is 6. The van der Waals surface area contributed by atoms with Crippen LogP contribution in [0, 0.1) is 22.7 Å². The number of hydrogen-bond donors (Lipinski definition) is 2. The molecule has 0 bridgehead atoms. The summed E-state index contributed by atoms with van der Waals surface area (Å²) in [5.74, 6) is 2.84. The fraction of sp³-hybridized carbons (Fsp3) is 0.364. The third-order valence-electron chi connectivity index (χ3n) is 6.07. The standard InChI is InChI=1S/C22H20N4O4/c23-11-17(15-1-3-19-21(9-15)29-13-27-19)25-5-7-26(8-6-25)18(12-24)16-2-4-20-22(10-16)30-14-28-20/h1-4,9-10,17-18H,5-8,13-14H2/p+2/t17-,18-/m1/s1. The number of ether oxygens (including phenoxy) is 4. The molecular formula is C22H22N4O4+2. The smallest absolute Gasteiger partial charge is 0.231 e. The van der Waals surface area contributed by atoms with E-state index in [1.54, 1.807) is 0 Å². The van der Waals surface area contributed by atoms with Gasteiger partial charge in [-0.1, -0.05) is 0 Å². The molecule has 3 aliphatic heterocycles. The highest BCUT2D eigenvalue weighted by Crippen LogP contribution is 2.34. The van der Waals surface area contributed by atoms with Crippen molar-refractivity contribution in [1.29, 1.82) is 10.5 Å². The molecule has 8 heteroatoms. The fourth-order valence-electron chi connectivity index (χ4n) is 4.46. The maximum absolute atomic E-state index is 9.84. The zero-order valence-corrected chi connectivity index (χ0v) is 16.4. The van der Waals surface area contributed by atoms with Crippen molar-refractivity contribution >= 4 is 0 Å². The summed E-state index contributed by atoms with van der Waals surface area (Å²) in [4.78, 5) is 2.42. The SMILES string of the molecule is N#C[C@H](c1ccc2c(c1)OCO2)[NH+]1CC[NH+]([C@H](C#N)c2ccc3c(c2)OCO3)CC1. The van der Waals surface area contributed by atoms with Gasteiger partial charge in [-0.15, -0.1) is 0 Å². The van der Waals surface area contributed by atoms with Crippen molar-refractivity contribution in [3.8, 4) is 35.1 Å². The summed E-state index contributed by atoms with van der Waals surface area (Å²) in [6, 6.07) is 15.8. The van der Waals surface area contributed by atoms with Crippen LogP contribution in [0.2, 0.25) is 0 Å². The van der Waals surface area contributed by atoms with Crippen LogP contribution >= 0.6 is 0 Å². The molecule has 0 spiro atoms. The lowest BCUT2D eigenvalue weighted by Gasteiger charge is -2.34. The number of nitriles is 2. The van der Waals surface area contributed by atoms with E-state index in [-0.39, 0.29) is 25.7 Å². The summed E-state index contributed by atoms with van der Waals surface area (Å²) in [6.45, 7) is 3.69. The Morgan fingerprint density at radius 2 is 1.03 bits per heavy atom. The first-order valence-electron chi connectivity index (χ1n) is 10.0. The third-order valence-corrected chi connectivity index (χ3v) is 6.07. The van der Waals surface area contributed by atoms with Crippen LogP contribution in [0.25, 0.3) is 0 Å². The molecule has 0 radical (unpaired) electrons. The van der Waals surface area contributed by atoms with Gasteiger partial charge in [-0.2, -0.15) is 10.5 Å². The topological polar surface area (TPSA) is 93.4 Å². The number of piperazine rings is 1. The molecule has 2 aromatic rings. The van der Waals surface area contributed by atoms with Crippen molar-refractivity contribution in [2.24, 2.45) is 0 Å². The van der Waals surface area contributed by atoms with E-state index in [1.807, 2.05) is 36.4 Å². The summed E-state index contributed by atoms with van der Waals surface area (Å²) >= 11 is 0. The van der Waals surface area contributed by atoms with Crippen LogP contribution in [0.3, 0.4) is 0 Å². The van der Waals surface area contributed by atoms with Crippen LogP contribution in [0.5, 0.6) is 23.0 Å². The second-order valence-electron chi connectivity index (χ2n) is 7.67. The van der Waals surface area contributed by atoms with Gasteiger partial charge < -0.3 is 28.7 Å². The number of fused-ring (bicyclic) bond motifs is 2. The van der Waals surface area contributed by atoms with Gasteiger partial charge in [0.15, 0.2) is 23.0 Å². The molecular weight excluding hydrogens is 384 g/mol. The number of benzene rings is 2. The molecule has 2 atom stereocenters. The Bertz CT molecular complexity index is 953. The zero-order valence-electron chi connectivity index (χ0n) is 16.4. The van der Waals surface area contributed by atoms with E-state index < -0.39 is 0 Å². The maximum Gasteiger partial charge on any atom is 0.231 e. The van der Waals surface area contributed by atoms with Crippen molar-refractivity contribution in [3.63, 3.8) is 0 Å². The molecule has 2 aromatic carbocycles. The summed E-state index contributed by atoms with van der Waals surface area (Å²) in [5.41, 5.74) is 1.88. The van der Waals surface area contributed by atoms with Crippen molar-refractivity contribution in [2.75, 3.05) is 39.8 Å². The lowest BCUT2D eigenvalue weighted by atomic mass is 10.0.